The molecule has 0 spiro atoms. The Morgan fingerprint density at radius 2 is 1.64 bits per heavy atom. The molecule has 2 aromatic rings. The monoisotopic (exact) mass is 522 g/mol. The second-order valence-electron chi connectivity index (χ2n) is 6.33. The van der Waals surface area contributed by atoms with Gasteiger partial charge in [0.25, 0.3) is 10.1 Å². The maximum atomic E-state index is 12.2. The van der Waals surface area contributed by atoms with E-state index in [1.807, 2.05) is 0 Å². The minimum Gasteiger partial charge on any atom is -0.398 e. The molecule has 0 saturated carbocycles. The van der Waals surface area contributed by atoms with Gasteiger partial charge in [0.05, 0.1) is 34.3 Å². The highest BCUT2D eigenvalue weighted by molar-refractivity contribution is 7.91. The molecule has 0 unspecified atom stereocenters. The molecule has 5 N–H and O–H groups in total. The summed E-state index contributed by atoms with van der Waals surface area (Å²) in [5.41, 5.74) is 5.23. The van der Waals surface area contributed by atoms with Crippen LogP contribution in [0.1, 0.15) is 6.92 Å². The minimum atomic E-state index is -4.77. The van der Waals surface area contributed by atoms with Crippen molar-refractivity contribution < 1.29 is 43.3 Å². The number of sulfone groups is 1. The molecule has 0 atom stereocenters. The Bertz CT molecular complexity index is 1400. The first-order valence-electron chi connectivity index (χ1n) is 8.63. The summed E-state index contributed by atoms with van der Waals surface area (Å²) in [5.74, 6) is -1.24. The molecular weight excluding hydrogens is 504 g/mol. The zero-order valence-corrected chi connectivity index (χ0v) is 19.2. The van der Waals surface area contributed by atoms with Gasteiger partial charge in [0, 0.05) is 6.92 Å². The van der Waals surface area contributed by atoms with Crippen LogP contribution in [0.15, 0.2) is 56.4 Å². The number of nitrogens with two attached hydrogens (primary N) is 1. The molecule has 17 heteroatoms. The van der Waals surface area contributed by atoms with Crippen molar-refractivity contribution in [2.24, 2.45) is 10.2 Å². The number of anilines is 2. The molecule has 14 nitrogen and oxygen atoms in total. The van der Waals surface area contributed by atoms with E-state index in [1.165, 1.54) is 19.1 Å². The molecule has 180 valence electrons. The Kier molecular flexibility index (Phi) is 7.88. The van der Waals surface area contributed by atoms with Crippen molar-refractivity contribution in [3.05, 3.63) is 36.4 Å². The third kappa shape index (κ3) is 7.84. The van der Waals surface area contributed by atoms with Gasteiger partial charge in [0.1, 0.15) is 10.6 Å². The third-order valence-corrected chi connectivity index (χ3v) is 6.84. The van der Waals surface area contributed by atoms with E-state index in [0.717, 1.165) is 24.3 Å². The predicted molar refractivity (Wildman–Crippen MR) is 115 cm³/mol. The normalized spacial score (nSPS) is 12.7. The van der Waals surface area contributed by atoms with Crippen molar-refractivity contribution >= 4 is 59.0 Å². The van der Waals surface area contributed by atoms with Crippen molar-refractivity contribution in [3.8, 4) is 0 Å². The first kappa shape index (κ1) is 26.3. The van der Waals surface area contributed by atoms with E-state index in [9.17, 15) is 34.6 Å². The lowest BCUT2D eigenvalue weighted by molar-refractivity contribution is -0.114. The van der Waals surface area contributed by atoms with E-state index in [-0.39, 0.29) is 27.6 Å². The van der Waals surface area contributed by atoms with Crippen LogP contribution in [0, 0.1) is 0 Å². The number of rotatable bonds is 9. The van der Waals surface area contributed by atoms with E-state index < -0.39 is 53.5 Å². The minimum absolute atomic E-state index is 0.00850. The summed E-state index contributed by atoms with van der Waals surface area (Å²) >= 11 is 0. The third-order valence-electron chi connectivity index (χ3n) is 3.77. The van der Waals surface area contributed by atoms with Gasteiger partial charge >= 0.3 is 10.4 Å². The zero-order chi connectivity index (χ0) is 25.0. The summed E-state index contributed by atoms with van der Waals surface area (Å²) < 4.78 is 90.1. The lowest BCUT2D eigenvalue weighted by atomic mass is 10.2. The van der Waals surface area contributed by atoms with Gasteiger partial charge in [-0.1, -0.05) is 0 Å². The molecule has 0 heterocycles. The number of amides is 1. The number of azo groups is 1. The van der Waals surface area contributed by atoms with Crippen molar-refractivity contribution in [2.45, 2.75) is 16.7 Å². The van der Waals surface area contributed by atoms with Crippen molar-refractivity contribution in [2.75, 3.05) is 23.4 Å². The van der Waals surface area contributed by atoms with Crippen molar-refractivity contribution in [3.63, 3.8) is 0 Å². The highest BCUT2D eigenvalue weighted by atomic mass is 32.3. The van der Waals surface area contributed by atoms with Crippen LogP contribution in [0.2, 0.25) is 0 Å². The summed E-state index contributed by atoms with van der Waals surface area (Å²) in [6.07, 6.45) is 0. The maximum Gasteiger partial charge on any atom is 0.397 e. The number of nitrogens with one attached hydrogen (secondary N) is 1. The molecular formula is C16H18N4O10S3. The van der Waals surface area contributed by atoms with Gasteiger partial charge in [-0.2, -0.15) is 21.9 Å². The van der Waals surface area contributed by atoms with Crippen LogP contribution in [-0.4, -0.2) is 52.6 Å². The van der Waals surface area contributed by atoms with Gasteiger partial charge in [0.15, 0.2) is 9.84 Å². The number of nitrogens with zero attached hydrogens (tertiary/aromatic N) is 2. The van der Waals surface area contributed by atoms with Crippen molar-refractivity contribution in [1.29, 1.82) is 0 Å². The average Bonchev–Trinajstić information content (AvgIpc) is 2.65. The zero-order valence-electron chi connectivity index (χ0n) is 16.7. The topological polar surface area (TPSA) is 232 Å². The first-order chi connectivity index (χ1) is 15.1. The standard InChI is InChI=1S/C16H18N4O10S3/c1-10(21)18-14-8-13(17)16(32(24,25)26)9-15(14)20-19-11-2-4-12(5-3-11)31(22,23)7-6-30-33(27,28)29/h2-5,8-9H,6-7,17H2,1H3,(H,18,21)(H,24,25,26)(H,27,28,29). The van der Waals surface area contributed by atoms with Gasteiger partial charge in [-0.25, -0.2) is 12.6 Å². The maximum absolute atomic E-state index is 12.2. The van der Waals surface area contributed by atoms with E-state index in [1.54, 1.807) is 0 Å². The Labute approximate surface area is 189 Å². The molecule has 0 aliphatic carbocycles. The van der Waals surface area contributed by atoms with Crippen molar-refractivity contribution in [1.82, 2.24) is 0 Å². The van der Waals surface area contributed by atoms with Crippen LogP contribution in [-0.2, 0) is 39.3 Å². The van der Waals surface area contributed by atoms with Gasteiger partial charge < -0.3 is 11.1 Å². The Morgan fingerprint density at radius 1 is 1.03 bits per heavy atom. The van der Waals surface area contributed by atoms with Gasteiger partial charge in [-0.3, -0.25) is 13.9 Å². The average molecular weight is 523 g/mol. The summed E-state index contributed by atoms with van der Waals surface area (Å²) in [7, 11) is -13.4. The molecule has 0 saturated heterocycles. The molecule has 0 bridgehead atoms. The van der Waals surface area contributed by atoms with Crippen LogP contribution in [0.4, 0.5) is 22.7 Å². The van der Waals surface area contributed by atoms with Crippen LogP contribution in [0.25, 0.3) is 0 Å². The number of hydrogen-bond donors (Lipinski definition) is 4. The summed E-state index contributed by atoms with van der Waals surface area (Å²) in [6, 6.07) is 6.77. The van der Waals surface area contributed by atoms with Gasteiger partial charge in [-0.15, -0.1) is 5.11 Å². The lowest BCUT2D eigenvalue weighted by Crippen LogP contribution is -2.15. The predicted octanol–water partition coefficient (Wildman–Crippen LogP) is 1.48. The van der Waals surface area contributed by atoms with E-state index in [4.69, 9.17) is 10.3 Å². The van der Waals surface area contributed by atoms with Gasteiger partial charge in [0.2, 0.25) is 5.91 Å². The van der Waals surface area contributed by atoms with E-state index >= 15 is 0 Å². The molecule has 0 aliphatic rings. The van der Waals surface area contributed by atoms with Crippen LogP contribution >= 0.6 is 0 Å². The molecule has 0 aliphatic heterocycles. The molecule has 0 radical (unpaired) electrons. The smallest absolute Gasteiger partial charge is 0.397 e. The van der Waals surface area contributed by atoms with E-state index in [0.29, 0.717) is 0 Å². The van der Waals surface area contributed by atoms with Crippen LogP contribution < -0.4 is 11.1 Å². The largest absolute Gasteiger partial charge is 0.398 e. The number of hydrogen-bond acceptors (Lipinski definition) is 11. The molecule has 2 aromatic carbocycles. The molecule has 2 rings (SSSR count). The molecule has 0 fully saturated rings. The lowest BCUT2D eigenvalue weighted by Gasteiger charge is -2.10. The highest BCUT2D eigenvalue weighted by Gasteiger charge is 2.19. The molecule has 0 aromatic heterocycles. The Balaban J connectivity index is 2.31. The number of benzene rings is 2. The second-order valence-corrected chi connectivity index (χ2v) is 10.9. The Hall–Kier alpha value is -2.96. The fourth-order valence-corrected chi connectivity index (χ4v) is 4.49. The van der Waals surface area contributed by atoms with E-state index in [2.05, 4.69) is 19.7 Å². The van der Waals surface area contributed by atoms with Crippen LogP contribution in [0.3, 0.4) is 0 Å². The number of nitrogen functional groups attached to an aromatic ring is 1. The number of carbonyl (C=O) groups is 1. The fraction of sp³-hybridized carbons (Fsp3) is 0.188. The quantitative estimate of drug-likeness (QED) is 0.209. The Morgan fingerprint density at radius 3 is 2.15 bits per heavy atom. The van der Waals surface area contributed by atoms with Crippen LogP contribution in [0.5, 0.6) is 0 Å². The summed E-state index contributed by atoms with van der Waals surface area (Å²) in [4.78, 5) is 10.5. The molecule has 33 heavy (non-hydrogen) atoms. The molecule has 1 amide bonds. The first-order valence-corrected chi connectivity index (χ1v) is 13.1. The SMILES string of the molecule is CC(=O)Nc1cc(N)c(S(=O)(=O)O)cc1N=Nc1ccc(S(=O)(=O)CCOS(=O)(=O)O)cc1. The highest BCUT2D eigenvalue weighted by Crippen LogP contribution is 2.34. The second kappa shape index (κ2) is 9.89. The fourth-order valence-electron chi connectivity index (χ4n) is 2.38. The summed E-state index contributed by atoms with van der Waals surface area (Å²) in [6.45, 7) is 0.399. The van der Waals surface area contributed by atoms with Gasteiger partial charge in [-0.05, 0) is 36.4 Å². The number of carbonyl (C=O) groups excluding carboxylic acids is 1. The summed E-state index contributed by atoms with van der Waals surface area (Å²) in [5, 5.41) is 10.1.